The average molecular weight is 275 g/mol. The number of nitrogens with zero attached hydrogens (tertiary/aromatic N) is 1. The standard InChI is InChI=1S/C16H25N3O/c1-2-19-11-8-15(9-12-19)18-16(20)14-5-3-13(4-6-14)7-10-17/h3-6,15H,2,7-12,17H2,1H3,(H,18,20). The maximum atomic E-state index is 12.2. The number of hydrogen-bond acceptors (Lipinski definition) is 3. The number of nitrogens with two attached hydrogens (primary N) is 1. The van der Waals surface area contributed by atoms with Gasteiger partial charge in [-0.1, -0.05) is 19.1 Å². The highest BCUT2D eigenvalue weighted by molar-refractivity contribution is 5.94. The van der Waals surface area contributed by atoms with Gasteiger partial charge in [-0.2, -0.15) is 0 Å². The quantitative estimate of drug-likeness (QED) is 0.854. The van der Waals surface area contributed by atoms with Gasteiger partial charge in [0.15, 0.2) is 0 Å². The molecular weight excluding hydrogens is 250 g/mol. The first kappa shape index (κ1) is 15.0. The molecule has 20 heavy (non-hydrogen) atoms. The van der Waals surface area contributed by atoms with Crippen LogP contribution in [0.25, 0.3) is 0 Å². The Morgan fingerprint density at radius 1 is 1.30 bits per heavy atom. The highest BCUT2D eigenvalue weighted by atomic mass is 16.1. The Balaban J connectivity index is 1.85. The molecule has 0 unspecified atom stereocenters. The number of hydrogen-bond donors (Lipinski definition) is 2. The van der Waals surface area contributed by atoms with Crippen LogP contribution in [0.3, 0.4) is 0 Å². The van der Waals surface area contributed by atoms with Crippen LogP contribution >= 0.6 is 0 Å². The molecule has 110 valence electrons. The second-order valence-electron chi connectivity index (χ2n) is 5.42. The molecule has 0 radical (unpaired) electrons. The first-order chi connectivity index (χ1) is 9.72. The van der Waals surface area contributed by atoms with Gasteiger partial charge in [-0.25, -0.2) is 0 Å². The van der Waals surface area contributed by atoms with Crippen LogP contribution in [-0.2, 0) is 6.42 Å². The van der Waals surface area contributed by atoms with Gasteiger partial charge in [0.25, 0.3) is 5.91 Å². The largest absolute Gasteiger partial charge is 0.349 e. The first-order valence-electron chi connectivity index (χ1n) is 7.55. The van der Waals surface area contributed by atoms with E-state index >= 15 is 0 Å². The highest BCUT2D eigenvalue weighted by Gasteiger charge is 2.19. The predicted octanol–water partition coefficient (Wildman–Crippen LogP) is 1.40. The third kappa shape index (κ3) is 4.05. The zero-order chi connectivity index (χ0) is 14.4. The number of benzene rings is 1. The molecule has 4 nitrogen and oxygen atoms in total. The van der Waals surface area contributed by atoms with Gasteiger partial charge in [-0.3, -0.25) is 4.79 Å². The summed E-state index contributed by atoms with van der Waals surface area (Å²) < 4.78 is 0. The number of amides is 1. The number of rotatable bonds is 5. The van der Waals surface area contributed by atoms with Gasteiger partial charge in [0.2, 0.25) is 0 Å². The molecule has 0 spiro atoms. The van der Waals surface area contributed by atoms with Gasteiger partial charge < -0.3 is 16.0 Å². The molecule has 1 aliphatic heterocycles. The summed E-state index contributed by atoms with van der Waals surface area (Å²) in [5, 5.41) is 3.14. The summed E-state index contributed by atoms with van der Waals surface area (Å²) in [6, 6.07) is 8.07. The van der Waals surface area contributed by atoms with E-state index in [-0.39, 0.29) is 5.91 Å². The highest BCUT2D eigenvalue weighted by Crippen LogP contribution is 2.11. The predicted molar refractivity (Wildman–Crippen MR) is 81.8 cm³/mol. The molecule has 1 amide bonds. The van der Waals surface area contributed by atoms with E-state index in [0.717, 1.165) is 44.5 Å². The smallest absolute Gasteiger partial charge is 0.251 e. The third-order valence-corrected chi connectivity index (χ3v) is 4.02. The van der Waals surface area contributed by atoms with E-state index < -0.39 is 0 Å². The van der Waals surface area contributed by atoms with Crippen molar-refractivity contribution in [1.29, 1.82) is 0 Å². The molecule has 1 aromatic rings. The molecule has 1 fully saturated rings. The maximum Gasteiger partial charge on any atom is 0.251 e. The minimum atomic E-state index is 0.0410. The number of carbonyl (C=O) groups excluding carboxylic acids is 1. The lowest BCUT2D eigenvalue weighted by molar-refractivity contribution is 0.0912. The van der Waals surface area contributed by atoms with Crippen molar-refractivity contribution in [1.82, 2.24) is 10.2 Å². The van der Waals surface area contributed by atoms with Crippen LogP contribution in [0.4, 0.5) is 0 Å². The molecule has 0 bridgehead atoms. The lowest BCUT2D eigenvalue weighted by Gasteiger charge is -2.31. The fourth-order valence-electron chi connectivity index (χ4n) is 2.65. The van der Waals surface area contributed by atoms with Crippen molar-refractivity contribution in [3.8, 4) is 0 Å². The van der Waals surface area contributed by atoms with Crippen LogP contribution in [0, 0.1) is 0 Å². The van der Waals surface area contributed by atoms with E-state index in [1.165, 1.54) is 5.56 Å². The molecular formula is C16H25N3O. The number of carbonyl (C=O) groups is 1. The van der Waals surface area contributed by atoms with Gasteiger partial charge in [0.05, 0.1) is 0 Å². The van der Waals surface area contributed by atoms with Crippen molar-refractivity contribution < 1.29 is 4.79 Å². The topological polar surface area (TPSA) is 58.4 Å². The number of nitrogens with one attached hydrogen (secondary N) is 1. The Morgan fingerprint density at radius 3 is 2.50 bits per heavy atom. The monoisotopic (exact) mass is 275 g/mol. The summed E-state index contributed by atoms with van der Waals surface area (Å²) in [7, 11) is 0. The van der Waals surface area contributed by atoms with Crippen LogP contribution in [0.5, 0.6) is 0 Å². The molecule has 2 rings (SSSR count). The van der Waals surface area contributed by atoms with E-state index in [2.05, 4.69) is 17.1 Å². The van der Waals surface area contributed by atoms with Gasteiger partial charge >= 0.3 is 0 Å². The fraction of sp³-hybridized carbons (Fsp3) is 0.562. The summed E-state index contributed by atoms with van der Waals surface area (Å²) >= 11 is 0. The second kappa shape index (κ2) is 7.41. The van der Waals surface area contributed by atoms with Crippen LogP contribution < -0.4 is 11.1 Å². The van der Waals surface area contributed by atoms with E-state index in [1.807, 2.05) is 24.3 Å². The van der Waals surface area contributed by atoms with E-state index in [1.54, 1.807) is 0 Å². The minimum Gasteiger partial charge on any atom is -0.349 e. The first-order valence-corrected chi connectivity index (χ1v) is 7.55. The Kier molecular flexibility index (Phi) is 5.56. The van der Waals surface area contributed by atoms with Gasteiger partial charge in [-0.15, -0.1) is 0 Å². The van der Waals surface area contributed by atoms with E-state index in [4.69, 9.17) is 5.73 Å². The van der Waals surface area contributed by atoms with Gasteiger partial charge in [0, 0.05) is 24.7 Å². The van der Waals surface area contributed by atoms with Crippen molar-refractivity contribution >= 4 is 5.91 Å². The van der Waals surface area contributed by atoms with Crippen LogP contribution in [0.15, 0.2) is 24.3 Å². The summed E-state index contributed by atoms with van der Waals surface area (Å²) in [4.78, 5) is 14.6. The molecule has 4 heteroatoms. The zero-order valence-corrected chi connectivity index (χ0v) is 12.3. The molecule has 0 atom stereocenters. The Morgan fingerprint density at radius 2 is 1.95 bits per heavy atom. The minimum absolute atomic E-state index is 0.0410. The SMILES string of the molecule is CCN1CCC(NC(=O)c2ccc(CCN)cc2)CC1. The molecule has 1 aromatic carbocycles. The molecule has 0 aliphatic carbocycles. The van der Waals surface area contributed by atoms with Crippen molar-refractivity contribution in [2.75, 3.05) is 26.2 Å². The van der Waals surface area contributed by atoms with Gasteiger partial charge in [0.1, 0.15) is 0 Å². The number of likely N-dealkylation sites (tertiary alicyclic amines) is 1. The van der Waals surface area contributed by atoms with Crippen LogP contribution in [0.2, 0.25) is 0 Å². The Bertz CT molecular complexity index is 422. The molecule has 1 heterocycles. The van der Waals surface area contributed by atoms with E-state index in [0.29, 0.717) is 12.6 Å². The van der Waals surface area contributed by atoms with Crippen molar-refractivity contribution in [3.05, 3.63) is 35.4 Å². The number of piperidine rings is 1. The average Bonchev–Trinajstić information content (AvgIpc) is 2.49. The molecule has 1 aliphatic rings. The summed E-state index contributed by atoms with van der Waals surface area (Å²) in [6.45, 7) is 6.08. The van der Waals surface area contributed by atoms with Crippen LogP contribution in [-0.4, -0.2) is 43.0 Å². The van der Waals surface area contributed by atoms with Gasteiger partial charge in [-0.05, 0) is 50.0 Å². The van der Waals surface area contributed by atoms with Crippen molar-refractivity contribution in [2.45, 2.75) is 32.2 Å². The lowest BCUT2D eigenvalue weighted by atomic mass is 10.0. The Labute approximate surface area is 121 Å². The van der Waals surface area contributed by atoms with Crippen molar-refractivity contribution in [2.24, 2.45) is 5.73 Å². The lowest BCUT2D eigenvalue weighted by Crippen LogP contribution is -2.44. The van der Waals surface area contributed by atoms with Crippen molar-refractivity contribution in [3.63, 3.8) is 0 Å². The maximum absolute atomic E-state index is 12.2. The molecule has 0 saturated carbocycles. The summed E-state index contributed by atoms with van der Waals surface area (Å²) in [5.74, 6) is 0.0410. The zero-order valence-electron chi connectivity index (χ0n) is 12.3. The molecule has 1 saturated heterocycles. The van der Waals surface area contributed by atoms with Crippen LogP contribution in [0.1, 0.15) is 35.7 Å². The second-order valence-corrected chi connectivity index (χ2v) is 5.42. The van der Waals surface area contributed by atoms with E-state index in [9.17, 15) is 4.79 Å². The Hall–Kier alpha value is -1.39. The summed E-state index contributed by atoms with van der Waals surface area (Å²) in [6.07, 6.45) is 2.95. The summed E-state index contributed by atoms with van der Waals surface area (Å²) in [5.41, 5.74) is 7.44. The molecule has 0 aromatic heterocycles. The third-order valence-electron chi connectivity index (χ3n) is 4.02. The fourth-order valence-corrected chi connectivity index (χ4v) is 2.65. The molecule has 3 N–H and O–H groups in total. The normalized spacial score (nSPS) is 17.1.